The van der Waals surface area contributed by atoms with Crippen molar-refractivity contribution in [2.45, 2.75) is 19.4 Å². The lowest BCUT2D eigenvalue weighted by molar-refractivity contribution is -0.121. The van der Waals surface area contributed by atoms with Gasteiger partial charge < -0.3 is 14.8 Å². The molecular weight excluding hydrogens is 326 g/mol. The first kappa shape index (κ1) is 17.8. The van der Waals surface area contributed by atoms with E-state index in [2.05, 4.69) is 35.6 Å². The molecule has 0 aliphatic heterocycles. The van der Waals surface area contributed by atoms with Crippen LogP contribution in [0.2, 0.25) is 0 Å². The molecule has 0 bridgehead atoms. The Morgan fingerprint density at radius 1 is 0.923 bits per heavy atom. The number of fused-ring (bicyclic) bond motifs is 1. The highest BCUT2D eigenvalue weighted by atomic mass is 16.5. The lowest BCUT2D eigenvalue weighted by Gasteiger charge is -2.16. The first-order chi connectivity index (χ1) is 12.6. The molecule has 3 rings (SSSR count). The number of carbonyl (C=O) groups excluding carboxylic acids is 1. The largest absolute Gasteiger partial charge is 0.493 e. The van der Waals surface area contributed by atoms with Crippen molar-refractivity contribution in [3.8, 4) is 11.5 Å². The van der Waals surface area contributed by atoms with E-state index in [1.165, 1.54) is 10.8 Å². The van der Waals surface area contributed by atoms with Gasteiger partial charge in [0.1, 0.15) is 0 Å². The number of rotatable bonds is 6. The zero-order valence-electron chi connectivity index (χ0n) is 15.3. The van der Waals surface area contributed by atoms with Crippen molar-refractivity contribution < 1.29 is 14.3 Å². The Kier molecular flexibility index (Phi) is 5.42. The van der Waals surface area contributed by atoms with Crippen LogP contribution in [0.25, 0.3) is 10.8 Å². The average molecular weight is 349 g/mol. The second kappa shape index (κ2) is 7.91. The van der Waals surface area contributed by atoms with E-state index in [1.807, 2.05) is 37.3 Å². The van der Waals surface area contributed by atoms with Crippen LogP contribution in [0.15, 0.2) is 60.7 Å². The second-order valence-electron chi connectivity index (χ2n) is 6.26. The van der Waals surface area contributed by atoms with E-state index in [1.54, 1.807) is 14.2 Å². The third-order valence-corrected chi connectivity index (χ3v) is 4.46. The molecule has 3 aromatic carbocycles. The van der Waals surface area contributed by atoms with Gasteiger partial charge in [0.15, 0.2) is 11.5 Å². The van der Waals surface area contributed by atoms with Crippen LogP contribution in [0.3, 0.4) is 0 Å². The first-order valence-electron chi connectivity index (χ1n) is 8.59. The zero-order chi connectivity index (χ0) is 18.5. The van der Waals surface area contributed by atoms with Gasteiger partial charge in [-0.2, -0.15) is 0 Å². The lowest BCUT2D eigenvalue weighted by Crippen LogP contribution is -2.28. The summed E-state index contributed by atoms with van der Waals surface area (Å²) in [6.07, 6.45) is 0.290. The number of benzene rings is 3. The smallest absolute Gasteiger partial charge is 0.224 e. The molecule has 0 spiro atoms. The summed E-state index contributed by atoms with van der Waals surface area (Å²) in [7, 11) is 3.18. The van der Waals surface area contributed by atoms with Crippen LogP contribution in [0.4, 0.5) is 0 Å². The van der Waals surface area contributed by atoms with Gasteiger partial charge in [-0.3, -0.25) is 4.79 Å². The number of hydrogen-bond acceptors (Lipinski definition) is 3. The van der Waals surface area contributed by atoms with Gasteiger partial charge in [-0.1, -0.05) is 42.5 Å². The highest BCUT2D eigenvalue weighted by Crippen LogP contribution is 2.28. The van der Waals surface area contributed by atoms with E-state index in [0.29, 0.717) is 11.5 Å². The Morgan fingerprint density at radius 2 is 1.65 bits per heavy atom. The van der Waals surface area contributed by atoms with Gasteiger partial charge in [-0.25, -0.2) is 0 Å². The molecule has 0 fully saturated rings. The SMILES string of the molecule is COc1ccc(CC(=O)NC(C)c2ccc3ccccc3c2)cc1OC. The van der Waals surface area contributed by atoms with Crippen molar-refractivity contribution in [1.29, 1.82) is 0 Å². The quantitative estimate of drug-likeness (QED) is 0.723. The number of nitrogens with one attached hydrogen (secondary N) is 1. The van der Waals surface area contributed by atoms with E-state index < -0.39 is 0 Å². The van der Waals surface area contributed by atoms with Crippen molar-refractivity contribution in [3.05, 3.63) is 71.8 Å². The van der Waals surface area contributed by atoms with Crippen LogP contribution in [0, 0.1) is 0 Å². The van der Waals surface area contributed by atoms with E-state index in [4.69, 9.17) is 9.47 Å². The average Bonchev–Trinajstić information content (AvgIpc) is 2.67. The monoisotopic (exact) mass is 349 g/mol. The summed E-state index contributed by atoms with van der Waals surface area (Å²) >= 11 is 0. The fourth-order valence-corrected chi connectivity index (χ4v) is 3.03. The molecule has 26 heavy (non-hydrogen) atoms. The summed E-state index contributed by atoms with van der Waals surface area (Å²) in [5.74, 6) is 1.25. The minimum atomic E-state index is -0.0627. The van der Waals surface area contributed by atoms with E-state index in [0.717, 1.165) is 11.1 Å². The maximum atomic E-state index is 12.4. The number of hydrogen-bond donors (Lipinski definition) is 1. The third-order valence-electron chi connectivity index (χ3n) is 4.46. The first-order valence-corrected chi connectivity index (χ1v) is 8.59. The Morgan fingerprint density at radius 3 is 2.38 bits per heavy atom. The van der Waals surface area contributed by atoms with Crippen LogP contribution in [-0.2, 0) is 11.2 Å². The molecule has 0 aliphatic rings. The van der Waals surface area contributed by atoms with E-state index in [-0.39, 0.29) is 18.4 Å². The molecule has 1 unspecified atom stereocenters. The molecule has 4 heteroatoms. The van der Waals surface area contributed by atoms with Crippen LogP contribution in [0.1, 0.15) is 24.1 Å². The van der Waals surface area contributed by atoms with Crippen LogP contribution in [0.5, 0.6) is 11.5 Å². The molecule has 0 saturated carbocycles. The minimum Gasteiger partial charge on any atom is -0.493 e. The molecule has 4 nitrogen and oxygen atoms in total. The molecule has 0 heterocycles. The lowest BCUT2D eigenvalue weighted by atomic mass is 10.0. The summed E-state index contributed by atoms with van der Waals surface area (Å²) in [6.45, 7) is 2.00. The van der Waals surface area contributed by atoms with E-state index >= 15 is 0 Å². The standard InChI is InChI=1S/C22H23NO3/c1-15(18-10-9-17-6-4-5-7-19(17)14-18)23-22(24)13-16-8-11-20(25-2)21(12-16)26-3/h4-12,14-15H,13H2,1-3H3,(H,23,24). The number of amides is 1. The van der Waals surface area contributed by atoms with Crippen LogP contribution in [-0.4, -0.2) is 20.1 Å². The molecule has 134 valence electrons. The third kappa shape index (κ3) is 3.97. The highest BCUT2D eigenvalue weighted by molar-refractivity contribution is 5.83. The number of ether oxygens (including phenoxy) is 2. The Balaban J connectivity index is 1.68. The minimum absolute atomic E-state index is 0.0297. The van der Waals surface area contributed by atoms with Crippen molar-refractivity contribution in [2.75, 3.05) is 14.2 Å². The van der Waals surface area contributed by atoms with Gasteiger partial charge in [0.05, 0.1) is 26.7 Å². The predicted molar refractivity (Wildman–Crippen MR) is 104 cm³/mol. The molecule has 0 saturated heterocycles. The highest BCUT2D eigenvalue weighted by Gasteiger charge is 2.12. The van der Waals surface area contributed by atoms with Crippen molar-refractivity contribution >= 4 is 16.7 Å². The number of methoxy groups -OCH3 is 2. The second-order valence-corrected chi connectivity index (χ2v) is 6.26. The molecule has 1 atom stereocenters. The summed E-state index contributed by atoms with van der Waals surface area (Å²) in [5, 5.41) is 5.43. The topological polar surface area (TPSA) is 47.6 Å². The molecule has 0 radical (unpaired) electrons. The van der Waals surface area contributed by atoms with E-state index in [9.17, 15) is 4.79 Å². The predicted octanol–water partition coefficient (Wildman–Crippen LogP) is 4.28. The zero-order valence-corrected chi connectivity index (χ0v) is 15.3. The maximum Gasteiger partial charge on any atom is 0.224 e. The molecule has 3 aromatic rings. The fourth-order valence-electron chi connectivity index (χ4n) is 3.03. The van der Waals surface area contributed by atoms with Crippen LogP contribution < -0.4 is 14.8 Å². The Hall–Kier alpha value is -3.01. The molecule has 0 aromatic heterocycles. The molecule has 1 N–H and O–H groups in total. The molecule has 0 aliphatic carbocycles. The van der Waals surface area contributed by atoms with Gasteiger partial charge in [0.2, 0.25) is 5.91 Å². The van der Waals surface area contributed by atoms with Crippen molar-refractivity contribution in [3.63, 3.8) is 0 Å². The van der Waals surface area contributed by atoms with Crippen molar-refractivity contribution in [2.24, 2.45) is 0 Å². The number of carbonyl (C=O) groups is 1. The van der Waals surface area contributed by atoms with Gasteiger partial charge in [-0.15, -0.1) is 0 Å². The summed E-state index contributed by atoms with van der Waals surface area (Å²) in [4.78, 5) is 12.4. The summed E-state index contributed by atoms with van der Waals surface area (Å²) in [6, 6.07) is 19.9. The molecule has 1 amide bonds. The van der Waals surface area contributed by atoms with Gasteiger partial charge in [0, 0.05) is 0 Å². The maximum absolute atomic E-state index is 12.4. The van der Waals surface area contributed by atoms with Gasteiger partial charge in [0.25, 0.3) is 0 Å². The van der Waals surface area contributed by atoms with Crippen LogP contribution >= 0.6 is 0 Å². The van der Waals surface area contributed by atoms with Gasteiger partial charge >= 0.3 is 0 Å². The van der Waals surface area contributed by atoms with Crippen molar-refractivity contribution in [1.82, 2.24) is 5.32 Å². The van der Waals surface area contributed by atoms with Gasteiger partial charge in [-0.05, 0) is 47.0 Å². The Labute approximate surface area is 153 Å². The molecular formula is C22H23NO3. The fraction of sp³-hybridized carbons (Fsp3) is 0.227. The normalized spacial score (nSPS) is 11.8. The summed E-state index contributed by atoms with van der Waals surface area (Å²) in [5.41, 5.74) is 1.97. The Bertz CT molecular complexity index is 920. The summed E-state index contributed by atoms with van der Waals surface area (Å²) < 4.78 is 10.5.